The number of carbonyl (C=O) groups is 1. The molecule has 0 bridgehead atoms. The van der Waals surface area contributed by atoms with Gasteiger partial charge in [0, 0.05) is 25.0 Å². The first-order chi connectivity index (χ1) is 7.68. The van der Waals surface area contributed by atoms with E-state index in [9.17, 15) is 4.79 Å². The van der Waals surface area contributed by atoms with Crippen molar-refractivity contribution in [3.8, 4) is 0 Å². The molecule has 1 aromatic heterocycles. The Kier molecular flexibility index (Phi) is 3.19. The first kappa shape index (κ1) is 11.1. The number of aliphatic carboxylic acids is 1. The van der Waals surface area contributed by atoms with Crippen LogP contribution in [0.1, 0.15) is 18.9 Å². The van der Waals surface area contributed by atoms with Crippen LogP contribution in [-0.2, 0) is 11.3 Å². The maximum absolute atomic E-state index is 11.0. The number of carboxylic acids is 1. The van der Waals surface area contributed by atoms with Gasteiger partial charge < -0.3 is 5.11 Å². The minimum atomic E-state index is -0.679. The number of hydrogen-bond acceptors (Lipinski definition) is 3. The number of aromatic nitrogens is 1. The number of rotatable bonds is 3. The van der Waals surface area contributed by atoms with Crippen LogP contribution in [-0.4, -0.2) is 33.5 Å². The molecule has 0 unspecified atom stereocenters. The van der Waals surface area contributed by atoms with E-state index in [1.54, 1.807) is 6.20 Å². The molecule has 4 nitrogen and oxygen atoms in total. The summed E-state index contributed by atoms with van der Waals surface area (Å²) < 4.78 is 0. The minimum absolute atomic E-state index is 0.109. The third-order valence-corrected chi connectivity index (χ3v) is 3.31. The molecule has 0 aliphatic carbocycles. The van der Waals surface area contributed by atoms with Crippen molar-refractivity contribution in [2.45, 2.75) is 25.9 Å². The van der Waals surface area contributed by atoms with Crippen LogP contribution in [0.5, 0.6) is 0 Å². The molecule has 1 N–H and O–H groups in total. The lowest BCUT2D eigenvalue weighted by atomic mass is 10.0. The van der Waals surface area contributed by atoms with Gasteiger partial charge in [0.25, 0.3) is 0 Å². The standard InChI is InChI=1S/C12H16N2O2/c1-9-11(12(15)16)4-6-14(9)8-10-3-2-5-13-7-10/h2-3,5,7,9,11H,4,6,8H2,1H3,(H,15,16)/t9-,11+/m1/s1. The fourth-order valence-corrected chi connectivity index (χ4v) is 2.28. The summed E-state index contributed by atoms with van der Waals surface area (Å²) in [5.41, 5.74) is 1.14. The van der Waals surface area contributed by atoms with Gasteiger partial charge in [0.1, 0.15) is 0 Å². The molecule has 0 spiro atoms. The molecule has 1 saturated heterocycles. The van der Waals surface area contributed by atoms with E-state index in [1.807, 2.05) is 25.3 Å². The van der Waals surface area contributed by atoms with Gasteiger partial charge in [-0.1, -0.05) is 6.07 Å². The van der Waals surface area contributed by atoms with Gasteiger partial charge in [-0.2, -0.15) is 0 Å². The number of hydrogen-bond donors (Lipinski definition) is 1. The van der Waals surface area contributed by atoms with Crippen molar-refractivity contribution in [3.63, 3.8) is 0 Å². The Balaban J connectivity index is 2.00. The summed E-state index contributed by atoms with van der Waals surface area (Å²) >= 11 is 0. The average molecular weight is 220 g/mol. The summed E-state index contributed by atoms with van der Waals surface area (Å²) in [5.74, 6) is -0.905. The third-order valence-electron chi connectivity index (χ3n) is 3.31. The lowest BCUT2D eigenvalue weighted by molar-refractivity contribution is -0.142. The Morgan fingerprint density at radius 2 is 2.50 bits per heavy atom. The van der Waals surface area contributed by atoms with E-state index in [0.717, 1.165) is 25.1 Å². The summed E-state index contributed by atoms with van der Waals surface area (Å²) in [6, 6.07) is 4.04. The smallest absolute Gasteiger partial charge is 0.308 e. The molecule has 0 saturated carbocycles. The third kappa shape index (κ3) is 2.22. The summed E-state index contributed by atoms with van der Waals surface area (Å²) in [6.45, 7) is 3.63. The first-order valence-corrected chi connectivity index (χ1v) is 5.54. The van der Waals surface area contributed by atoms with E-state index in [2.05, 4.69) is 9.88 Å². The van der Waals surface area contributed by atoms with Crippen LogP contribution in [0, 0.1) is 5.92 Å². The molecule has 0 aromatic carbocycles. The van der Waals surface area contributed by atoms with Crippen LogP contribution < -0.4 is 0 Å². The molecule has 0 radical (unpaired) electrons. The molecule has 0 amide bonds. The molecule has 86 valence electrons. The van der Waals surface area contributed by atoms with Crippen molar-refractivity contribution in [3.05, 3.63) is 30.1 Å². The van der Waals surface area contributed by atoms with E-state index >= 15 is 0 Å². The van der Waals surface area contributed by atoms with Crippen molar-refractivity contribution in [1.29, 1.82) is 0 Å². The molecule has 4 heteroatoms. The molecular weight excluding hydrogens is 204 g/mol. The van der Waals surface area contributed by atoms with E-state index in [0.29, 0.717) is 0 Å². The molecule has 1 aliphatic rings. The number of likely N-dealkylation sites (tertiary alicyclic amines) is 1. The highest BCUT2D eigenvalue weighted by atomic mass is 16.4. The predicted molar refractivity (Wildman–Crippen MR) is 59.9 cm³/mol. The Bertz CT molecular complexity index is 367. The number of nitrogens with zero attached hydrogens (tertiary/aromatic N) is 2. The molecule has 2 heterocycles. The number of carboxylic acid groups (broad SMARTS) is 1. The zero-order valence-corrected chi connectivity index (χ0v) is 9.34. The largest absolute Gasteiger partial charge is 0.481 e. The molecule has 1 aliphatic heterocycles. The van der Waals surface area contributed by atoms with Crippen LogP contribution >= 0.6 is 0 Å². The SMILES string of the molecule is C[C@@H]1[C@@H](C(=O)O)CCN1Cc1cccnc1. The second kappa shape index (κ2) is 4.61. The van der Waals surface area contributed by atoms with Gasteiger partial charge in [0.15, 0.2) is 0 Å². The summed E-state index contributed by atoms with van der Waals surface area (Å²) in [5, 5.41) is 9.03. The minimum Gasteiger partial charge on any atom is -0.481 e. The van der Waals surface area contributed by atoms with Gasteiger partial charge in [0.2, 0.25) is 0 Å². The van der Waals surface area contributed by atoms with Crippen LogP contribution in [0.25, 0.3) is 0 Å². The molecule has 2 atom stereocenters. The predicted octanol–water partition coefficient (Wildman–Crippen LogP) is 1.38. The van der Waals surface area contributed by atoms with Crippen molar-refractivity contribution in [1.82, 2.24) is 9.88 Å². The fraction of sp³-hybridized carbons (Fsp3) is 0.500. The molecule has 1 aromatic rings. The van der Waals surface area contributed by atoms with E-state index in [-0.39, 0.29) is 12.0 Å². The average Bonchev–Trinajstić information content (AvgIpc) is 2.62. The maximum atomic E-state index is 11.0. The topological polar surface area (TPSA) is 53.4 Å². The Morgan fingerprint density at radius 1 is 1.69 bits per heavy atom. The fourth-order valence-electron chi connectivity index (χ4n) is 2.28. The lowest BCUT2D eigenvalue weighted by Crippen LogP contribution is -2.32. The Hall–Kier alpha value is -1.42. The van der Waals surface area contributed by atoms with Crippen molar-refractivity contribution in [2.75, 3.05) is 6.54 Å². The van der Waals surface area contributed by atoms with Gasteiger partial charge >= 0.3 is 5.97 Å². The van der Waals surface area contributed by atoms with Gasteiger partial charge in [-0.25, -0.2) is 0 Å². The van der Waals surface area contributed by atoms with Crippen LogP contribution in [0.4, 0.5) is 0 Å². The van der Waals surface area contributed by atoms with Gasteiger partial charge in [0.05, 0.1) is 5.92 Å². The zero-order valence-electron chi connectivity index (χ0n) is 9.34. The Morgan fingerprint density at radius 3 is 3.06 bits per heavy atom. The monoisotopic (exact) mass is 220 g/mol. The van der Waals surface area contributed by atoms with E-state index in [1.165, 1.54) is 0 Å². The van der Waals surface area contributed by atoms with Gasteiger partial charge in [-0.05, 0) is 31.5 Å². The Labute approximate surface area is 94.9 Å². The van der Waals surface area contributed by atoms with Crippen LogP contribution in [0.15, 0.2) is 24.5 Å². The second-order valence-corrected chi connectivity index (χ2v) is 4.31. The molecular formula is C12H16N2O2. The summed E-state index contributed by atoms with van der Waals surface area (Å²) in [6.07, 6.45) is 4.33. The maximum Gasteiger partial charge on any atom is 0.308 e. The summed E-state index contributed by atoms with van der Waals surface area (Å²) in [4.78, 5) is 17.2. The quantitative estimate of drug-likeness (QED) is 0.836. The van der Waals surface area contributed by atoms with Crippen molar-refractivity contribution >= 4 is 5.97 Å². The highest BCUT2D eigenvalue weighted by Gasteiger charge is 2.35. The lowest BCUT2D eigenvalue weighted by Gasteiger charge is -2.22. The first-order valence-electron chi connectivity index (χ1n) is 5.54. The van der Waals surface area contributed by atoms with Crippen molar-refractivity contribution < 1.29 is 9.90 Å². The van der Waals surface area contributed by atoms with Crippen molar-refractivity contribution in [2.24, 2.45) is 5.92 Å². The van der Waals surface area contributed by atoms with Gasteiger partial charge in [-0.3, -0.25) is 14.7 Å². The van der Waals surface area contributed by atoms with Gasteiger partial charge in [-0.15, -0.1) is 0 Å². The normalized spacial score (nSPS) is 25.8. The van der Waals surface area contributed by atoms with Crippen LogP contribution in [0.2, 0.25) is 0 Å². The van der Waals surface area contributed by atoms with Crippen LogP contribution in [0.3, 0.4) is 0 Å². The summed E-state index contributed by atoms with van der Waals surface area (Å²) in [7, 11) is 0. The molecule has 16 heavy (non-hydrogen) atoms. The highest BCUT2D eigenvalue weighted by molar-refractivity contribution is 5.71. The van der Waals surface area contributed by atoms with E-state index in [4.69, 9.17) is 5.11 Å². The molecule has 1 fully saturated rings. The number of pyridine rings is 1. The molecule has 2 rings (SSSR count). The highest BCUT2D eigenvalue weighted by Crippen LogP contribution is 2.25. The van der Waals surface area contributed by atoms with E-state index < -0.39 is 5.97 Å². The zero-order chi connectivity index (χ0) is 11.5. The second-order valence-electron chi connectivity index (χ2n) is 4.31.